The number of benzene rings is 1. The SMILES string of the molecule is O=C(O)CC1CCC(Oc2ccc(-c3ccc(-c4nc5cc(F)c(F)cc5[nH]4)cn3)cn2)CC1. The summed E-state index contributed by atoms with van der Waals surface area (Å²) in [5.74, 6) is -1.38. The van der Waals surface area contributed by atoms with E-state index in [0.717, 1.165) is 43.4 Å². The molecule has 0 saturated heterocycles. The summed E-state index contributed by atoms with van der Waals surface area (Å²) in [5, 5.41) is 8.93. The lowest BCUT2D eigenvalue weighted by molar-refractivity contribution is -0.138. The van der Waals surface area contributed by atoms with E-state index in [1.54, 1.807) is 18.5 Å². The molecule has 2 N–H and O–H groups in total. The summed E-state index contributed by atoms with van der Waals surface area (Å²) in [4.78, 5) is 27.0. The van der Waals surface area contributed by atoms with E-state index in [9.17, 15) is 13.6 Å². The zero-order valence-corrected chi connectivity index (χ0v) is 18.2. The fourth-order valence-electron chi connectivity index (χ4n) is 4.32. The van der Waals surface area contributed by atoms with Crippen molar-refractivity contribution in [1.82, 2.24) is 19.9 Å². The highest BCUT2D eigenvalue weighted by Gasteiger charge is 2.24. The Kier molecular flexibility index (Phi) is 5.91. The first-order chi connectivity index (χ1) is 16.4. The molecule has 5 rings (SSSR count). The number of hydrogen-bond acceptors (Lipinski definition) is 5. The third kappa shape index (κ3) is 4.73. The van der Waals surface area contributed by atoms with E-state index in [1.807, 2.05) is 18.2 Å². The molecule has 4 aromatic rings. The molecule has 1 aromatic carbocycles. The highest BCUT2D eigenvalue weighted by molar-refractivity contribution is 5.79. The maximum absolute atomic E-state index is 13.4. The van der Waals surface area contributed by atoms with Crippen molar-refractivity contribution in [2.45, 2.75) is 38.2 Å². The fraction of sp³-hybridized carbons (Fsp3) is 0.280. The number of carboxylic acid groups (broad SMARTS) is 1. The molecule has 0 radical (unpaired) electrons. The van der Waals surface area contributed by atoms with E-state index < -0.39 is 17.6 Å². The summed E-state index contributed by atoms with van der Waals surface area (Å²) in [5.41, 5.74) is 2.97. The normalized spacial score (nSPS) is 18.2. The first-order valence-corrected chi connectivity index (χ1v) is 11.1. The first kappa shape index (κ1) is 21.9. The smallest absolute Gasteiger partial charge is 0.303 e. The van der Waals surface area contributed by atoms with E-state index in [1.165, 1.54) is 0 Å². The van der Waals surface area contributed by atoms with Crippen molar-refractivity contribution >= 4 is 17.0 Å². The Labute approximate surface area is 193 Å². The molecule has 9 heteroatoms. The zero-order chi connectivity index (χ0) is 23.7. The van der Waals surface area contributed by atoms with Crippen LogP contribution in [0.5, 0.6) is 5.88 Å². The zero-order valence-electron chi connectivity index (χ0n) is 18.2. The van der Waals surface area contributed by atoms with Crippen molar-refractivity contribution < 1.29 is 23.4 Å². The lowest BCUT2D eigenvalue weighted by atomic mass is 9.85. The van der Waals surface area contributed by atoms with Gasteiger partial charge in [0.25, 0.3) is 0 Å². The molecule has 1 aliphatic rings. The van der Waals surface area contributed by atoms with Gasteiger partial charge < -0.3 is 14.8 Å². The minimum Gasteiger partial charge on any atom is -0.481 e. The van der Waals surface area contributed by atoms with Crippen LogP contribution in [0.1, 0.15) is 32.1 Å². The molecule has 7 nitrogen and oxygen atoms in total. The number of rotatable bonds is 6. The average molecular weight is 464 g/mol. The quantitative estimate of drug-likeness (QED) is 0.397. The van der Waals surface area contributed by atoms with Crippen LogP contribution < -0.4 is 4.74 Å². The first-order valence-electron chi connectivity index (χ1n) is 11.1. The number of hydrogen-bond donors (Lipinski definition) is 2. The Balaban J connectivity index is 1.23. The van der Waals surface area contributed by atoms with Crippen LogP contribution in [-0.4, -0.2) is 37.1 Å². The molecule has 34 heavy (non-hydrogen) atoms. The molecule has 1 fully saturated rings. The van der Waals surface area contributed by atoms with Crippen molar-refractivity contribution in [3.05, 3.63) is 60.4 Å². The van der Waals surface area contributed by atoms with Crippen molar-refractivity contribution in [2.24, 2.45) is 5.92 Å². The van der Waals surface area contributed by atoms with Crippen molar-refractivity contribution in [3.8, 4) is 28.5 Å². The highest BCUT2D eigenvalue weighted by Crippen LogP contribution is 2.30. The van der Waals surface area contributed by atoms with Gasteiger partial charge in [-0.25, -0.2) is 18.7 Å². The van der Waals surface area contributed by atoms with Crippen LogP contribution >= 0.6 is 0 Å². The second-order valence-electron chi connectivity index (χ2n) is 8.54. The van der Waals surface area contributed by atoms with Crippen LogP contribution in [0.25, 0.3) is 33.7 Å². The van der Waals surface area contributed by atoms with Gasteiger partial charge >= 0.3 is 5.97 Å². The number of fused-ring (bicyclic) bond motifs is 1. The second-order valence-corrected chi connectivity index (χ2v) is 8.54. The molecule has 1 aliphatic carbocycles. The summed E-state index contributed by atoms with van der Waals surface area (Å²) >= 11 is 0. The van der Waals surface area contributed by atoms with Gasteiger partial charge in [-0.15, -0.1) is 0 Å². The van der Waals surface area contributed by atoms with Crippen LogP contribution in [-0.2, 0) is 4.79 Å². The Morgan fingerprint density at radius 2 is 1.74 bits per heavy atom. The summed E-state index contributed by atoms with van der Waals surface area (Å²) in [7, 11) is 0. The molecule has 0 atom stereocenters. The van der Waals surface area contributed by atoms with Gasteiger partial charge in [0.15, 0.2) is 11.6 Å². The largest absolute Gasteiger partial charge is 0.481 e. The molecule has 3 aromatic heterocycles. The van der Waals surface area contributed by atoms with E-state index in [4.69, 9.17) is 9.84 Å². The molecule has 1 saturated carbocycles. The van der Waals surface area contributed by atoms with Gasteiger partial charge in [-0.05, 0) is 49.8 Å². The van der Waals surface area contributed by atoms with Gasteiger partial charge in [-0.1, -0.05) is 0 Å². The van der Waals surface area contributed by atoms with Crippen LogP contribution in [0.15, 0.2) is 48.8 Å². The fourth-order valence-corrected chi connectivity index (χ4v) is 4.32. The number of aromatic nitrogens is 4. The molecular formula is C25H22F2N4O3. The van der Waals surface area contributed by atoms with Gasteiger partial charge in [0.1, 0.15) is 11.9 Å². The molecule has 174 valence electrons. The predicted molar refractivity (Wildman–Crippen MR) is 121 cm³/mol. The van der Waals surface area contributed by atoms with Crippen LogP contribution in [0, 0.1) is 17.6 Å². The number of nitrogens with one attached hydrogen (secondary N) is 1. The number of halogens is 2. The number of ether oxygens (including phenoxy) is 1. The summed E-state index contributed by atoms with van der Waals surface area (Å²) in [6.45, 7) is 0. The highest BCUT2D eigenvalue weighted by atomic mass is 19.2. The van der Waals surface area contributed by atoms with Crippen LogP contribution in [0.2, 0.25) is 0 Å². The van der Waals surface area contributed by atoms with E-state index >= 15 is 0 Å². The van der Waals surface area contributed by atoms with E-state index in [-0.39, 0.29) is 18.4 Å². The number of imidazole rings is 1. The number of aromatic amines is 1. The van der Waals surface area contributed by atoms with Gasteiger partial charge in [-0.3, -0.25) is 9.78 Å². The van der Waals surface area contributed by atoms with Crippen LogP contribution in [0.4, 0.5) is 8.78 Å². The minimum atomic E-state index is -0.940. The third-order valence-corrected chi connectivity index (χ3v) is 6.14. The number of carboxylic acids is 1. The second kappa shape index (κ2) is 9.17. The molecule has 0 unspecified atom stereocenters. The standard InChI is InChI=1S/C25H22F2N4O3/c26-18-10-21-22(11-19(18)27)31-25(30-21)16-3-7-20(28-13-16)15-4-8-23(29-12-15)34-17-5-1-14(2-6-17)9-24(32)33/h3-4,7-8,10-14,17H,1-2,5-6,9H2,(H,30,31)(H,32,33). The average Bonchev–Trinajstić information content (AvgIpc) is 3.23. The van der Waals surface area contributed by atoms with Crippen molar-refractivity contribution in [3.63, 3.8) is 0 Å². The monoisotopic (exact) mass is 464 g/mol. The maximum atomic E-state index is 13.4. The van der Waals surface area contributed by atoms with Crippen LogP contribution in [0.3, 0.4) is 0 Å². The molecule has 3 heterocycles. The number of nitrogens with zero attached hydrogens (tertiary/aromatic N) is 3. The summed E-state index contributed by atoms with van der Waals surface area (Å²) < 4.78 is 32.9. The summed E-state index contributed by atoms with van der Waals surface area (Å²) in [6, 6.07) is 9.48. The molecular weight excluding hydrogens is 442 g/mol. The Hall–Kier alpha value is -3.88. The van der Waals surface area contributed by atoms with E-state index in [0.29, 0.717) is 34.0 Å². The Bertz CT molecular complexity index is 1280. The summed E-state index contributed by atoms with van der Waals surface area (Å²) in [6.07, 6.45) is 6.95. The van der Waals surface area contributed by atoms with Gasteiger partial charge in [-0.2, -0.15) is 0 Å². The number of carbonyl (C=O) groups is 1. The molecule has 0 aliphatic heterocycles. The van der Waals surface area contributed by atoms with Gasteiger partial charge in [0.05, 0.1) is 16.7 Å². The van der Waals surface area contributed by atoms with Gasteiger partial charge in [0, 0.05) is 48.1 Å². The topological polar surface area (TPSA) is 101 Å². The van der Waals surface area contributed by atoms with E-state index in [2.05, 4.69) is 19.9 Å². The lowest BCUT2D eigenvalue weighted by Crippen LogP contribution is -2.25. The lowest BCUT2D eigenvalue weighted by Gasteiger charge is -2.27. The Morgan fingerprint density at radius 3 is 2.41 bits per heavy atom. The molecule has 0 amide bonds. The third-order valence-electron chi connectivity index (χ3n) is 6.14. The van der Waals surface area contributed by atoms with Crippen molar-refractivity contribution in [2.75, 3.05) is 0 Å². The predicted octanol–water partition coefficient (Wildman–Crippen LogP) is 5.38. The number of aliphatic carboxylic acids is 1. The maximum Gasteiger partial charge on any atom is 0.303 e. The Morgan fingerprint density at radius 1 is 1.00 bits per heavy atom. The van der Waals surface area contributed by atoms with Gasteiger partial charge in [0.2, 0.25) is 5.88 Å². The molecule has 0 spiro atoms. The van der Waals surface area contributed by atoms with Crippen molar-refractivity contribution in [1.29, 1.82) is 0 Å². The number of pyridine rings is 2. The number of H-pyrrole nitrogens is 1. The minimum absolute atomic E-state index is 0.0477. The molecule has 0 bridgehead atoms.